The first kappa shape index (κ1) is 20.5. The maximum Gasteiger partial charge on any atom is 0.228 e. The molecule has 31 heavy (non-hydrogen) atoms. The van der Waals surface area contributed by atoms with Gasteiger partial charge in [0.1, 0.15) is 18.1 Å². The maximum absolute atomic E-state index is 13.2. The minimum Gasteiger partial charge on any atom is -0.487 e. The molecule has 1 saturated heterocycles. The van der Waals surface area contributed by atoms with Crippen LogP contribution in [0.1, 0.15) is 63.3 Å². The number of aromatic nitrogens is 3. The number of likely N-dealkylation sites (tertiary alicyclic amines) is 1. The summed E-state index contributed by atoms with van der Waals surface area (Å²) in [5.41, 5.74) is 1.41. The van der Waals surface area contributed by atoms with Crippen molar-refractivity contribution in [2.45, 2.75) is 77.2 Å². The molecule has 3 aliphatic rings. The van der Waals surface area contributed by atoms with Crippen LogP contribution in [0.4, 0.5) is 0 Å². The van der Waals surface area contributed by atoms with Gasteiger partial charge >= 0.3 is 0 Å². The van der Waals surface area contributed by atoms with Crippen LogP contribution in [0.2, 0.25) is 0 Å². The van der Waals surface area contributed by atoms with Crippen LogP contribution in [-0.4, -0.2) is 44.5 Å². The van der Waals surface area contributed by atoms with E-state index in [9.17, 15) is 4.79 Å². The van der Waals surface area contributed by atoms with E-state index in [-0.39, 0.29) is 11.0 Å². The van der Waals surface area contributed by atoms with Gasteiger partial charge in [0.15, 0.2) is 0 Å². The third-order valence-corrected chi connectivity index (χ3v) is 7.43. The van der Waals surface area contributed by atoms with Crippen LogP contribution >= 0.6 is 0 Å². The first-order valence-corrected chi connectivity index (χ1v) is 11.6. The number of hydrogen-bond acceptors (Lipinski definition) is 5. The Morgan fingerprint density at radius 1 is 1.10 bits per heavy atom. The maximum atomic E-state index is 13.2. The van der Waals surface area contributed by atoms with Crippen LogP contribution in [0.5, 0.6) is 5.75 Å². The second-order valence-corrected chi connectivity index (χ2v) is 9.63. The summed E-state index contributed by atoms with van der Waals surface area (Å²) in [4.78, 5) is 15.3. The van der Waals surface area contributed by atoms with Gasteiger partial charge in [-0.25, -0.2) is 4.68 Å². The topological polar surface area (TPSA) is 69.5 Å². The smallest absolute Gasteiger partial charge is 0.228 e. The number of hydrogen-bond donors (Lipinski definition) is 0. The average Bonchev–Trinajstić information content (AvgIpc) is 3.20. The molecule has 166 valence electrons. The van der Waals surface area contributed by atoms with Crippen molar-refractivity contribution < 1.29 is 14.3 Å². The van der Waals surface area contributed by atoms with Gasteiger partial charge in [-0.1, -0.05) is 49.6 Å². The highest BCUT2D eigenvalue weighted by Crippen LogP contribution is 2.40. The molecule has 1 spiro atoms. The van der Waals surface area contributed by atoms with E-state index in [2.05, 4.69) is 22.1 Å². The van der Waals surface area contributed by atoms with E-state index in [0.29, 0.717) is 25.7 Å². The molecule has 5 rings (SSSR count). The van der Waals surface area contributed by atoms with Gasteiger partial charge in [-0.05, 0) is 37.8 Å². The van der Waals surface area contributed by atoms with Crippen LogP contribution in [-0.2, 0) is 29.3 Å². The van der Waals surface area contributed by atoms with Gasteiger partial charge in [0.05, 0.1) is 24.4 Å². The van der Waals surface area contributed by atoms with E-state index in [1.807, 2.05) is 35.0 Å². The molecule has 7 heteroatoms. The lowest BCUT2D eigenvalue weighted by Crippen LogP contribution is -2.54. The highest BCUT2D eigenvalue weighted by molar-refractivity contribution is 5.82. The Hall–Kier alpha value is -2.41. The van der Waals surface area contributed by atoms with E-state index < -0.39 is 0 Å². The van der Waals surface area contributed by atoms with Crippen LogP contribution in [0.15, 0.2) is 30.3 Å². The number of carbonyl (C=O) groups excluding carboxylic acids is 1. The standard InChI is InChI=1S/C24H32N4O3/c1-23(10-6-3-7-11-23)22(29)27-14-12-24(13-15-27)18-28-21(17-31-24)20(25-26-28)16-30-19-8-4-2-5-9-19/h2,4-5,8-9H,3,6-7,10-18H2,1H3. The van der Waals surface area contributed by atoms with Gasteiger partial charge < -0.3 is 14.4 Å². The molecule has 1 saturated carbocycles. The monoisotopic (exact) mass is 424 g/mol. The number of carbonyl (C=O) groups is 1. The Morgan fingerprint density at radius 3 is 2.58 bits per heavy atom. The summed E-state index contributed by atoms with van der Waals surface area (Å²) in [5, 5.41) is 8.73. The predicted octanol–water partition coefficient (Wildman–Crippen LogP) is 3.72. The Bertz CT molecular complexity index is 912. The van der Waals surface area contributed by atoms with Gasteiger partial charge in [-0.3, -0.25) is 4.79 Å². The molecule has 3 heterocycles. The molecule has 1 amide bonds. The molecule has 0 N–H and O–H groups in total. The number of rotatable bonds is 4. The fraction of sp³-hybridized carbons (Fsp3) is 0.625. The second-order valence-electron chi connectivity index (χ2n) is 9.63. The van der Waals surface area contributed by atoms with Gasteiger partial charge in [0, 0.05) is 18.5 Å². The highest BCUT2D eigenvalue weighted by Gasteiger charge is 2.44. The molecule has 2 aromatic rings. The lowest BCUT2D eigenvalue weighted by Gasteiger charge is -2.46. The number of para-hydroxylation sites is 1. The summed E-state index contributed by atoms with van der Waals surface area (Å²) in [6.07, 6.45) is 7.37. The Morgan fingerprint density at radius 2 is 1.84 bits per heavy atom. The van der Waals surface area contributed by atoms with Crippen molar-refractivity contribution in [2.75, 3.05) is 13.1 Å². The molecule has 0 bridgehead atoms. The van der Waals surface area contributed by atoms with Crippen molar-refractivity contribution in [1.29, 1.82) is 0 Å². The minimum absolute atomic E-state index is 0.164. The lowest BCUT2D eigenvalue weighted by atomic mass is 9.74. The minimum atomic E-state index is -0.248. The zero-order chi connectivity index (χ0) is 21.3. The van der Waals surface area contributed by atoms with E-state index in [1.54, 1.807) is 0 Å². The number of ether oxygens (including phenoxy) is 2. The van der Waals surface area contributed by atoms with E-state index in [1.165, 1.54) is 19.3 Å². The predicted molar refractivity (Wildman–Crippen MR) is 115 cm³/mol. The molecular weight excluding hydrogens is 392 g/mol. The molecule has 2 aliphatic heterocycles. The zero-order valence-corrected chi connectivity index (χ0v) is 18.4. The quantitative estimate of drug-likeness (QED) is 0.748. The van der Waals surface area contributed by atoms with Crippen LogP contribution in [0, 0.1) is 5.41 Å². The number of fused-ring (bicyclic) bond motifs is 1. The molecule has 1 aromatic heterocycles. The third-order valence-electron chi connectivity index (χ3n) is 7.43. The normalized spacial score (nSPS) is 22.2. The molecule has 0 unspecified atom stereocenters. The van der Waals surface area contributed by atoms with Crippen molar-refractivity contribution in [3.05, 3.63) is 41.7 Å². The summed E-state index contributed by atoms with van der Waals surface area (Å²) in [6, 6.07) is 9.74. The number of benzene rings is 1. The first-order valence-electron chi connectivity index (χ1n) is 11.6. The van der Waals surface area contributed by atoms with E-state index >= 15 is 0 Å². The van der Waals surface area contributed by atoms with Crippen molar-refractivity contribution >= 4 is 5.91 Å². The highest BCUT2D eigenvalue weighted by atomic mass is 16.5. The number of amides is 1. The average molecular weight is 425 g/mol. The SMILES string of the molecule is CC1(C(=O)N2CCC3(CC2)Cn2nnc(COc4ccccc4)c2CO3)CCCCC1. The summed E-state index contributed by atoms with van der Waals surface area (Å²) in [6.45, 7) is 5.27. The summed E-state index contributed by atoms with van der Waals surface area (Å²) in [7, 11) is 0. The fourth-order valence-electron chi connectivity index (χ4n) is 5.32. The van der Waals surface area contributed by atoms with Gasteiger partial charge in [0.25, 0.3) is 0 Å². The summed E-state index contributed by atoms with van der Waals surface area (Å²) < 4.78 is 14.2. The van der Waals surface area contributed by atoms with Crippen LogP contribution in [0.3, 0.4) is 0 Å². The van der Waals surface area contributed by atoms with Gasteiger partial charge in [-0.2, -0.15) is 0 Å². The molecule has 7 nitrogen and oxygen atoms in total. The zero-order valence-electron chi connectivity index (χ0n) is 18.4. The van der Waals surface area contributed by atoms with E-state index in [4.69, 9.17) is 9.47 Å². The molecule has 1 aromatic carbocycles. The number of nitrogens with zero attached hydrogens (tertiary/aromatic N) is 4. The molecular formula is C24H32N4O3. The van der Waals surface area contributed by atoms with Crippen molar-refractivity contribution in [2.24, 2.45) is 5.41 Å². The van der Waals surface area contributed by atoms with Crippen molar-refractivity contribution in [3.63, 3.8) is 0 Å². The number of piperidine rings is 1. The first-order chi connectivity index (χ1) is 15.1. The van der Waals surface area contributed by atoms with Crippen molar-refractivity contribution in [3.8, 4) is 5.75 Å². The van der Waals surface area contributed by atoms with Crippen LogP contribution < -0.4 is 4.74 Å². The van der Waals surface area contributed by atoms with Crippen molar-refractivity contribution in [1.82, 2.24) is 19.9 Å². The van der Waals surface area contributed by atoms with E-state index in [0.717, 1.165) is 55.9 Å². The van der Waals surface area contributed by atoms with Crippen LogP contribution in [0.25, 0.3) is 0 Å². The molecule has 0 atom stereocenters. The van der Waals surface area contributed by atoms with Gasteiger partial charge in [-0.15, -0.1) is 5.10 Å². The van der Waals surface area contributed by atoms with Gasteiger partial charge in [0.2, 0.25) is 5.91 Å². The largest absolute Gasteiger partial charge is 0.487 e. The Labute approximate surface area is 183 Å². The summed E-state index contributed by atoms with van der Waals surface area (Å²) >= 11 is 0. The third kappa shape index (κ3) is 4.07. The molecule has 0 radical (unpaired) electrons. The lowest BCUT2D eigenvalue weighted by molar-refractivity contribution is -0.155. The fourth-order valence-corrected chi connectivity index (χ4v) is 5.32. The summed E-state index contributed by atoms with van der Waals surface area (Å²) in [5.74, 6) is 1.17. The second kappa shape index (κ2) is 8.26. The molecule has 2 fully saturated rings. The molecule has 1 aliphatic carbocycles. The Kier molecular flexibility index (Phi) is 5.46. The Balaban J connectivity index is 1.19.